The molecule has 1 fully saturated rings. The predicted octanol–water partition coefficient (Wildman–Crippen LogP) is 2.86. The highest BCUT2D eigenvalue weighted by atomic mass is 16.1. The minimum absolute atomic E-state index is 0.115. The fourth-order valence-electron chi connectivity index (χ4n) is 3.40. The van der Waals surface area contributed by atoms with E-state index >= 15 is 0 Å². The maximum absolute atomic E-state index is 12.9. The Morgan fingerprint density at radius 1 is 1.18 bits per heavy atom. The van der Waals surface area contributed by atoms with Gasteiger partial charge in [-0.3, -0.25) is 14.4 Å². The number of nitrogens with zero attached hydrogens (tertiary/aromatic N) is 3. The fourth-order valence-corrected chi connectivity index (χ4v) is 3.40. The van der Waals surface area contributed by atoms with Crippen molar-refractivity contribution in [3.05, 3.63) is 51.9 Å². The number of hydrogen-bond donors (Lipinski definition) is 0. The van der Waals surface area contributed by atoms with Crippen molar-refractivity contribution in [2.45, 2.75) is 45.7 Å². The van der Waals surface area contributed by atoms with Crippen molar-refractivity contribution >= 4 is 0 Å². The summed E-state index contributed by atoms with van der Waals surface area (Å²) in [6.45, 7) is 6.18. The van der Waals surface area contributed by atoms with E-state index in [-0.39, 0.29) is 5.56 Å². The van der Waals surface area contributed by atoms with Crippen LogP contribution in [0.1, 0.15) is 37.4 Å². The molecule has 0 saturated carbocycles. The van der Waals surface area contributed by atoms with Crippen molar-refractivity contribution in [3.8, 4) is 5.69 Å². The van der Waals surface area contributed by atoms with E-state index in [0.29, 0.717) is 6.04 Å². The first kappa shape index (κ1) is 15.1. The van der Waals surface area contributed by atoms with Gasteiger partial charge in [-0.1, -0.05) is 24.6 Å². The van der Waals surface area contributed by atoms with E-state index in [1.165, 1.54) is 19.3 Å². The van der Waals surface area contributed by atoms with Crippen LogP contribution < -0.4 is 5.56 Å². The van der Waals surface area contributed by atoms with E-state index in [0.717, 1.165) is 30.0 Å². The monoisotopic (exact) mass is 299 g/mol. The van der Waals surface area contributed by atoms with E-state index in [1.807, 2.05) is 49.0 Å². The molecular weight excluding hydrogens is 274 g/mol. The zero-order chi connectivity index (χ0) is 15.7. The highest BCUT2D eigenvalue weighted by molar-refractivity contribution is 5.33. The molecule has 0 N–H and O–H groups in total. The lowest BCUT2D eigenvalue weighted by Gasteiger charge is -2.32. The molecule has 1 aromatic heterocycles. The number of benzene rings is 1. The summed E-state index contributed by atoms with van der Waals surface area (Å²) in [5.41, 5.74) is 3.03. The Hall–Kier alpha value is -1.81. The van der Waals surface area contributed by atoms with Gasteiger partial charge in [-0.25, -0.2) is 4.68 Å². The highest BCUT2D eigenvalue weighted by Crippen LogP contribution is 2.20. The zero-order valence-electron chi connectivity index (χ0n) is 13.7. The van der Waals surface area contributed by atoms with Gasteiger partial charge in [0.1, 0.15) is 0 Å². The summed E-state index contributed by atoms with van der Waals surface area (Å²) in [5, 5.41) is 0. The Morgan fingerprint density at radius 2 is 1.91 bits per heavy atom. The lowest BCUT2D eigenvalue weighted by molar-refractivity contribution is 0.152. The topological polar surface area (TPSA) is 30.2 Å². The van der Waals surface area contributed by atoms with Crippen molar-refractivity contribution in [1.82, 2.24) is 14.3 Å². The summed E-state index contributed by atoms with van der Waals surface area (Å²) in [6.07, 6.45) is 3.78. The SMILES string of the molecule is Cc1c(CN2CCCC[C@H]2C)c(=O)n(-c2ccccc2)n1C. The molecule has 1 atom stereocenters. The molecule has 0 spiro atoms. The van der Waals surface area contributed by atoms with Crippen LogP contribution in [-0.4, -0.2) is 26.9 Å². The number of likely N-dealkylation sites (tertiary alicyclic amines) is 1. The highest BCUT2D eigenvalue weighted by Gasteiger charge is 2.23. The van der Waals surface area contributed by atoms with Crippen molar-refractivity contribution < 1.29 is 0 Å². The Bertz CT molecular complexity index is 699. The molecule has 2 heterocycles. The van der Waals surface area contributed by atoms with Crippen molar-refractivity contribution in [1.29, 1.82) is 0 Å². The Balaban J connectivity index is 1.98. The summed E-state index contributed by atoms with van der Waals surface area (Å²) in [4.78, 5) is 15.4. The van der Waals surface area contributed by atoms with Gasteiger partial charge < -0.3 is 0 Å². The molecular formula is C18H25N3O. The summed E-state index contributed by atoms with van der Waals surface area (Å²) in [5.74, 6) is 0. The van der Waals surface area contributed by atoms with Gasteiger partial charge in [0.05, 0.1) is 11.3 Å². The molecule has 1 saturated heterocycles. The van der Waals surface area contributed by atoms with Crippen LogP contribution in [0.5, 0.6) is 0 Å². The summed E-state index contributed by atoms with van der Waals surface area (Å²) < 4.78 is 3.75. The van der Waals surface area contributed by atoms with Gasteiger partial charge in [0.2, 0.25) is 0 Å². The molecule has 1 aromatic carbocycles. The normalized spacial score (nSPS) is 19.5. The average molecular weight is 299 g/mol. The van der Waals surface area contributed by atoms with Gasteiger partial charge in [0.25, 0.3) is 5.56 Å². The number of hydrogen-bond acceptors (Lipinski definition) is 2. The Labute approximate surface area is 132 Å². The Morgan fingerprint density at radius 3 is 2.59 bits per heavy atom. The molecule has 4 heteroatoms. The first-order chi connectivity index (χ1) is 10.6. The number of para-hydroxylation sites is 1. The maximum Gasteiger partial charge on any atom is 0.276 e. The second kappa shape index (κ2) is 6.13. The third-order valence-electron chi connectivity index (χ3n) is 4.98. The molecule has 1 aliphatic rings. The number of piperidine rings is 1. The fraction of sp³-hybridized carbons (Fsp3) is 0.500. The van der Waals surface area contributed by atoms with Crippen molar-refractivity contribution in [2.24, 2.45) is 7.05 Å². The second-order valence-electron chi connectivity index (χ2n) is 6.36. The minimum atomic E-state index is 0.115. The quantitative estimate of drug-likeness (QED) is 0.872. The molecule has 2 aromatic rings. The third-order valence-corrected chi connectivity index (χ3v) is 4.98. The standard InChI is InChI=1S/C18H25N3O/c1-14-9-7-8-12-20(14)13-17-15(2)19(3)21(18(17)22)16-10-5-4-6-11-16/h4-6,10-11,14H,7-9,12-13H2,1-3H3/t14-/m1/s1. The van der Waals surface area contributed by atoms with E-state index in [4.69, 9.17) is 0 Å². The van der Waals surface area contributed by atoms with Crippen LogP contribution in [0.25, 0.3) is 5.69 Å². The zero-order valence-corrected chi connectivity index (χ0v) is 13.7. The summed E-state index contributed by atoms with van der Waals surface area (Å²) in [6, 6.07) is 10.4. The van der Waals surface area contributed by atoms with Gasteiger partial charge in [-0.15, -0.1) is 0 Å². The Kier molecular flexibility index (Phi) is 4.21. The van der Waals surface area contributed by atoms with Crippen molar-refractivity contribution in [2.75, 3.05) is 6.54 Å². The van der Waals surface area contributed by atoms with Crippen molar-refractivity contribution in [3.63, 3.8) is 0 Å². The van der Waals surface area contributed by atoms with Crippen LogP contribution in [0.2, 0.25) is 0 Å². The van der Waals surface area contributed by atoms with Crippen LogP contribution in [0.4, 0.5) is 0 Å². The molecule has 0 radical (unpaired) electrons. The molecule has 0 unspecified atom stereocenters. The van der Waals surface area contributed by atoms with Crippen LogP contribution >= 0.6 is 0 Å². The number of aromatic nitrogens is 2. The van der Waals surface area contributed by atoms with E-state index in [2.05, 4.69) is 11.8 Å². The molecule has 0 amide bonds. The minimum Gasteiger partial charge on any atom is -0.296 e. The molecule has 22 heavy (non-hydrogen) atoms. The first-order valence-electron chi connectivity index (χ1n) is 8.16. The number of rotatable bonds is 3. The largest absolute Gasteiger partial charge is 0.296 e. The molecule has 118 valence electrons. The van der Waals surface area contributed by atoms with Crippen LogP contribution in [0.3, 0.4) is 0 Å². The van der Waals surface area contributed by atoms with Crippen LogP contribution in [0.15, 0.2) is 35.1 Å². The predicted molar refractivity (Wildman–Crippen MR) is 89.5 cm³/mol. The van der Waals surface area contributed by atoms with Crippen LogP contribution in [-0.2, 0) is 13.6 Å². The van der Waals surface area contributed by atoms with E-state index < -0.39 is 0 Å². The van der Waals surface area contributed by atoms with Gasteiger partial charge in [0.15, 0.2) is 0 Å². The van der Waals surface area contributed by atoms with E-state index in [9.17, 15) is 4.79 Å². The smallest absolute Gasteiger partial charge is 0.276 e. The maximum atomic E-state index is 12.9. The van der Waals surface area contributed by atoms with Gasteiger partial charge in [-0.05, 0) is 45.4 Å². The van der Waals surface area contributed by atoms with Gasteiger partial charge >= 0.3 is 0 Å². The van der Waals surface area contributed by atoms with Crippen LogP contribution in [0, 0.1) is 6.92 Å². The molecule has 4 nitrogen and oxygen atoms in total. The second-order valence-corrected chi connectivity index (χ2v) is 6.36. The molecule has 3 rings (SSSR count). The molecule has 1 aliphatic heterocycles. The summed E-state index contributed by atoms with van der Waals surface area (Å²) in [7, 11) is 1.97. The third kappa shape index (κ3) is 2.63. The molecule has 0 bridgehead atoms. The molecule has 0 aliphatic carbocycles. The summed E-state index contributed by atoms with van der Waals surface area (Å²) >= 11 is 0. The van der Waals surface area contributed by atoms with Gasteiger partial charge in [0, 0.05) is 25.3 Å². The van der Waals surface area contributed by atoms with E-state index in [1.54, 1.807) is 4.68 Å². The lowest BCUT2D eigenvalue weighted by atomic mass is 10.0. The first-order valence-corrected chi connectivity index (χ1v) is 8.16. The van der Waals surface area contributed by atoms with Gasteiger partial charge in [-0.2, -0.15) is 0 Å². The lowest BCUT2D eigenvalue weighted by Crippen LogP contribution is -2.38. The average Bonchev–Trinajstić information content (AvgIpc) is 2.74.